The van der Waals surface area contributed by atoms with Gasteiger partial charge in [-0.3, -0.25) is 4.98 Å². The van der Waals surface area contributed by atoms with Crippen LogP contribution in [0.4, 0.5) is 0 Å². The van der Waals surface area contributed by atoms with E-state index in [1.54, 1.807) is 0 Å². The number of nitrogens with zero attached hydrogens (tertiary/aromatic N) is 1. The molecule has 0 amide bonds. The van der Waals surface area contributed by atoms with Crippen molar-refractivity contribution in [1.82, 2.24) is 10.3 Å². The van der Waals surface area contributed by atoms with Gasteiger partial charge in [-0.1, -0.05) is 18.2 Å². The summed E-state index contributed by atoms with van der Waals surface area (Å²) in [5, 5.41) is 3.48. The lowest BCUT2D eigenvalue weighted by Gasteiger charge is -2.24. The van der Waals surface area contributed by atoms with Gasteiger partial charge in [0, 0.05) is 27.4 Å². The van der Waals surface area contributed by atoms with Gasteiger partial charge in [-0.15, -0.1) is 0 Å². The number of hydrogen-bond acceptors (Lipinski definition) is 2. The Balaban J connectivity index is 1.94. The predicted molar refractivity (Wildman–Crippen MR) is 86.3 cm³/mol. The zero-order valence-corrected chi connectivity index (χ0v) is 13.1. The lowest BCUT2D eigenvalue weighted by Crippen LogP contribution is -2.23. The van der Waals surface area contributed by atoms with Crippen LogP contribution in [0.15, 0.2) is 42.6 Å². The number of pyridine rings is 1. The van der Waals surface area contributed by atoms with Gasteiger partial charge in [0.25, 0.3) is 0 Å². The first-order valence-electron chi connectivity index (χ1n) is 6.66. The fraction of sp³-hybridized carbons (Fsp3) is 0.312. The number of likely N-dealkylation sites (N-methyl/N-ethyl adjacent to an activating group) is 1. The summed E-state index contributed by atoms with van der Waals surface area (Å²) in [5.41, 5.74) is 4.05. The number of aryl methyl sites for hydroxylation is 1. The van der Waals surface area contributed by atoms with Gasteiger partial charge in [0.15, 0.2) is 0 Å². The van der Waals surface area contributed by atoms with Gasteiger partial charge in [-0.2, -0.15) is 0 Å². The number of benzene rings is 1. The molecule has 3 rings (SSSR count). The normalized spacial score (nSPS) is 19.2. The van der Waals surface area contributed by atoms with Crippen LogP contribution in [0.25, 0.3) is 0 Å². The second-order valence-electron chi connectivity index (χ2n) is 5.01. The summed E-state index contributed by atoms with van der Waals surface area (Å²) < 4.78 is 1.28. The predicted octanol–water partition coefficient (Wildman–Crippen LogP) is 3.68. The van der Waals surface area contributed by atoms with Crippen LogP contribution >= 0.6 is 22.6 Å². The molecule has 2 atom stereocenters. The smallest absolute Gasteiger partial charge is 0.0485 e. The molecule has 1 aliphatic rings. The third-order valence-electron chi connectivity index (χ3n) is 3.94. The Bertz CT molecular complexity index is 565. The number of halogens is 1. The van der Waals surface area contributed by atoms with Crippen molar-refractivity contribution in [3.05, 3.63) is 63.0 Å². The van der Waals surface area contributed by atoms with Crippen LogP contribution in [-0.4, -0.2) is 12.0 Å². The lowest BCUT2D eigenvalue weighted by molar-refractivity contribution is 0.470. The SMILES string of the molecule is CNC(c1ccc(I)cc1)C1CCc2cccnc21. The maximum Gasteiger partial charge on any atom is 0.0485 e. The third kappa shape index (κ3) is 2.54. The van der Waals surface area contributed by atoms with Crippen molar-refractivity contribution in [2.24, 2.45) is 0 Å². The molecular weight excluding hydrogens is 347 g/mol. The van der Waals surface area contributed by atoms with Crippen molar-refractivity contribution in [1.29, 1.82) is 0 Å². The van der Waals surface area contributed by atoms with Gasteiger partial charge < -0.3 is 5.32 Å². The monoisotopic (exact) mass is 364 g/mol. The van der Waals surface area contributed by atoms with Gasteiger partial charge >= 0.3 is 0 Å². The molecular formula is C16H17IN2. The molecule has 19 heavy (non-hydrogen) atoms. The minimum Gasteiger partial charge on any atom is -0.312 e. The molecule has 0 aliphatic heterocycles. The standard InChI is InChI=1S/C16H17IN2/c1-18-15(12-4-7-13(17)8-5-12)14-9-6-11-3-2-10-19-16(11)14/h2-5,7-8,10,14-15,18H,6,9H2,1H3. The highest BCUT2D eigenvalue weighted by atomic mass is 127. The molecule has 0 radical (unpaired) electrons. The van der Waals surface area contributed by atoms with Crippen LogP contribution in [0.3, 0.4) is 0 Å². The van der Waals surface area contributed by atoms with Crippen molar-refractivity contribution in [3.8, 4) is 0 Å². The quantitative estimate of drug-likeness (QED) is 0.841. The topological polar surface area (TPSA) is 24.9 Å². The summed E-state index contributed by atoms with van der Waals surface area (Å²) in [6.45, 7) is 0. The van der Waals surface area contributed by atoms with Gasteiger partial charge in [0.2, 0.25) is 0 Å². The minimum absolute atomic E-state index is 0.355. The average molecular weight is 364 g/mol. The summed E-state index contributed by atoms with van der Waals surface area (Å²) in [6.07, 6.45) is 4.25. The van der Waals surface area contributed by atoms with Crippen molar-refractivity contribution in [3.63, 3.8) is 0 Å². The maximum absolute atomic E-state index is 4.61. The zero-order valence-electron chi connectivity index (χ0n) is 10.9. The summed E-state index contributed by atoms with van der Waals surface area (Å²) in [4.78, 5) is 4.61. The molecule has 3 heteroatoms. The molecule has 0 saturated carbocycles. The van der Waals surface area contributed by atoms with Crippen molar-refractivity contribution >= 4 is 22.6 Å². The van der Waals surface area contributed by atoms with Crippen molar-refractivity contribution in [2.75, 3.05) is 7.05 Å². The summed E-state index contributed by atoms with van der Waals surface area (Å²) in [5.74, 6) is 0.487. The summed E-state index contributed by atoms with van der Waals surface area (Å²) >= 11 is 2.35. The van der Waals surface area contributed by atoms with Crippen LogP contribution in [-0.2, 0) is 6.42 Å². The fourth-order valence-corrected chi connectivity index (χ4v) is 3.40. The number of rotatable bonds is 3. The highest BCUT2D eigenvalue weighted by molar-refractivity contribution is 14.1. The Labute approximate surface area is 127 Å². The molecule has 1 N–H and O–H groups in total. The van der Waals surface area contributed by atoms with E-state index in [9.17, 15) is 0 Å². The van der Waals surface area contributed by atoms with Crippen LogP contribution < -0.4 is 5.32 Å². The van der Waals surface area contributed by atoms with Crippen LogP contribution in [0.2, 0.25) is 0 Å². The molecule has 1 heterocycles. The number of fused-ring (bicyclic) bond motifs is 1. The van der Waals surface area contributed by atoms with Gasteiger partial charge in [-0.05, 0) is 71.8 Å². The second-order valence-corrected chi connectivity index (χ2v) is 6.26. The third-order valence-corrected chi connectivity index (χ3v) is 4.66. The molecule has 0 fully saturated rings. The first-order chi connectivity index (χ1) is 9.29. The Kier molecular flexibility index (Phi) is 3.84. The molecule has 1 aliphatic carbocycles. The highest BCUT2D eigenvalue weighted by Crippen LogP contribution is 2.40. The number of nitrogens with one attached hydrogen (secondary N) is 1. The average Bonchev–Trinajstić information content (AvgIpc) is 2.86. The van der Waals surface area contributed by atoms with E-state index in [-0.39, 0.29) is 0 Å². The number of hydrogen-bond donors (Lipinski definition) is 1. The Hall–Kier alpha value is -0.940. The van der Waals surface area contributed by atoms with Crippen molar-refractivity contribution in [2.45, 2.75) is 24.8 Å². The summed E-state index contributed by atoms with van der Waals surface area (Å²) in [6, 6.07) is 13.4. The molecule has 2 nitrogen and oxygen atoms in total. The van der Waals surface area contributed by atoms with E-state index < -0.39 is 0 Å². The summed E-state index contributed by atoms with van der Waals surface area (Å²) in [7, 11) is 2.05. The highest BCUT2D eigenvalue weighted by Gasteiger charge is 2.30. The van der Waals surface area contributed by atoms with E-state index in [4.69, 9.17) is 0 Å². The maximum atomic E-state index is 4.61. The minimum atomic E-state index is 0.355. The van der Waals surface area contributed by atoms with Crippen molar-refractivity contribution < 1.29 is 0 Å². The molecule has 0 bridgehead atoms. The van der Waals surface area contributed by atoms with Crippen LogP contribution in [0, 0.1) is 3.57 Å². The van der Waals surface area contributed by atoms with Crippen LogP contribution in [0.1, 0.15) is 35.2 Å². The molecule has 1 aromatic heterocycles. The molecule has 2 aromatic rings. The van der Waals surface area contributed by atoms with E-state index in [0.717, 1.165) is 6.42 Å². The van der Waals surface area contributed by atoms with Gasteiger partial charge in [0.05, 0.1) is 0 Å². The van der Waals surface area contributed by atoms with E-state index in [1.165, 1.54) is 26.8 Å². The molecule has 98 valence electrons. The zero-order chi connectivity index (χ0) is 13.2. The molecule has 1 aromatic carbocycles. The molecule has 0 spiro atoms. The molecule has 2 unspecified atom stereocenters. The largest absolute Gasteiger partial charge is 0.312 e. The first kappa shape index (κ1) is 13.1. The Morgan fingerprint density at radius 2 is 2.05 bits per heavy atom. The molecule has 0 saturated heterocycles. The van der Waals surface area contributed by atoms with E-state index in [1.807, 2.05) is 19.3 Å². The van der Waals surface area contributed by atoms with E-state index in [0.29, 0.717) is 12.0 Å². The second kappa shape index (κ2) is 5.59. The Morgan fingerprint density at radius 1 is 1.26 bits per heavy atom. The lowest BCUT2D eigenvalue weighted by atomic mass is 9.91. The Morgan fingerprint density at radius 3 is 2.79 bits per heavy atom. The van der Waals surface area contributed by atoms with Crippen LogP contribution in [0.5, 0.6) is 0 Å². The van der Waals surface area contributed by atoms with E-state index >= 15 is 0 Å². The fourth-order valence-electron chi connectivity index (χ4n) is 3.04. The number of aromatic nitrogens is 1. The van der Waals surface area contributed by atoms with Gasteiger partial charge in [0.1, 0.15) is 0 Å². The first-order valence-corrected chi connectivity index (χ1v) is 7.74. The van der Waals surface area contributed by atoms with E-state index in [2.05, 4.69) is 63.2 Å². The van der Waals surface area contributed by atoms with Gasteiger partial charge in [-0.25, -0.2) is 0 Å².